The Balaban J connectivity index is 2.05. The van der Waals surface area contributed by atoms with Crippen molar-refractivity contribution in [3.8, 4) is 11.1 Å². The van der Waals surface area contributed by atoms with E-state index >= 15 is 0 Å². The second kappa shape index (κ2) is 6.02. The lowest BCUT2D eigenvalue weighted by Crippen LogP contribution is -2.62. The van der Waals surface area contributed by atoms with Crippen LogP contribution in [-0.4, -0.2) is 28.8 Å². The molecule has 0 saturated carbocycles. The highest BCUT2D eigenvalue weighted by Gasteiger charge is 2.44. The summed E-state index contributed by atoms with van der Waals surface area (Å²) in [7, 11) is 1.62. The predicted molar refractivity (Wildman–Crippen MR) is 97.5 cm³/mol. The van der Waals surface area contributed by atoms with Crippen molar-refractivity contribution < 1.29 is 4.79 Å². The zero-order chi connectivity index (χ0) is 17.5. The minimum Gasteiger partial charge on any atom is -0.346 e. The molecule has 2 atom stereocenters. The van der Waals surface area contributed by atoms with Crippen LogP contribution in [0.3, 0.4) is 0 Å². The Morgan fingerprint density at radius 1 is 1.29 bits per heavy atom. The van der Waals surface area contributed by atoms with E-state index < -0.39 is 5.54 Å². The Labute approximate surface area is 149 Å². The average molecular weight is 387 g/mol. The molecule has 124 valence electrons. The van der Waals surface area contributed by atoms with Crippen LogP contribution < -0.4 is 5.32 Å². The van der Waals surface area contributed by atoms with Gasteiger partial charge < -0.3 is 5.32 Å². The van der Waals surface area contributed by atoms with Crippen molar-refractivity contribution in [1.29, 1.82) is 5.41 Å². The molecule has 0 unspecified atom stereocenters. The SMILES string of the molecule is C[C@H]1C(=O)N(C)C(=N)N[C@]1(C)c1cccc(-c2cncc(Br)c2)c1. The quantitative estimate of drug-likeness (QED) is 0.831. The maximum Gasteiger partial charge on any atom is 0.234 e. The molecule has 1 fully saturated rings. The van der Waals surface area contributed by atoms with Gasteiger partial charge in [0, 0.05) is 29.5 Å². The van der Waals surface area contributed by atoms with Gasteiger partial charge in [0.1, 0.15) is 0 Å². The van der Waals surface area contributed by atoms with Crippen LogP contribution in [0.1, 0.15) is 19.4 Å². The maximum absolute atomic E-state index is 12.5. The summed E-state index contributed by atoms with van der Waals surface area (Å²) in [5.41, 5.74) is 2.36. The van der Waals surface area contributed by atoms with Crippen molar-refractivity contribution in [2.45, 2.75) is 19.4 Å². The van der Waals surface area contributed by atoms with Crippen LogP contribution in [-0.2, 0) is 10.3 Å². The standard InChI is InChI=1S/C18H19BrN4O/c1-11-16(24)23(3)17(20)22-18(11,2)14-6-4-5-12(7-14)13-8-15(19)10-21-9-13/h4-11H,1-3H3,(H2,20,22)/t11-,18-/m0/s1. The van der Waals surface area contributed by atoms with Crippen molar-refractivity contribution in [2.75, 3.05) is 7.05 Å². The van der Waals surface area contributed by atoms with Crippen LogP contribution in [0.15, 0.2) is 47.2 Å². The summed E-state index contributed by atoms with van der Waals surface area (Å²) in [6, 6.07) is 10.0. The van der Waals surface area contributed by atoms with Crippen LogP contribution in [0.5, 0.6) is 0 Å². The highest BCUT2D eigenvalue weighted by atomic mass is 79.9. The lowest BCUT2D eigenvalue weighted by molar-refractivity contribution is -0.134. The molecular weight excluding hydrogens is 368 g/mol. The Kier molecular flexibility index (Phi) is 4.17. The third-order valence-corrected chi connectivity index (χ3v) is 5.21. The van der Waals surface area contributed by atoms with Crippen molar-refractivity contribution in [3.05, 3.63) is 52.8 Å². The van der Waals surface area contributed by atoms with Crippen molar-refractivity contribution >= 4 is 27.8 Å². The van der Waals surface area contributed by atoms with Gasteiger partial charge in [-0.1, -0.05) is 25.1 Å². The van der Waals surface area contributed by atoms with Gasteiger partial charge >= 0.3 is 0 Å². The zero-order valence-electron chi connectivity index (χ0n) is 13.8. The molecule has 1 aromatic carbocycles. The fourth-order valence-electron chi connectivity index (χ4n) is 3.00. The summed E-state index contributed by atoms with van der Waals surface area (Å²) in [6.07, 6.45) is 3.56. The minimum atomic E-state index is -0.629. The maximum atomic E-state index is 12.5. The van der Waals surface area contributed by atoms with Crippen LogP contribution in [0.4, 0.5) is 0 Å². The number of hydrogen-bond acceptors (Lipinski definition) is 3. The van der Waals surface area contributed by atoms with Gasteiger partial charge in [-0.2, -0.15) is 0 Å². The Morgan fingerprint density at radius 3 is 2.75 bits per heavy atom. The molecule has 0 radical (unpaired) electrons. The van der Waals surface area contributed by atoms with Crippen LogP contribution in [0, 0.1) is 11.3 Å². The first-order valence-corrected chi connectivity index (χ1v) is 8.48. The van der Waals surface area contributed by atoms with E-state index in [0.29, 0.717) is 0 Å². The number of hydrogen-bond donors (Lipinski definition) is 2. The molecule has 2 heterocycles. The Morgan fingerprint density at radius 2 is 2.04 bits per heavy atom. The molecule has 5 nitrogen and oxygen atoms in total. The van der Waals surface area contributed by atoms with E-state index in [-0.39, 0.29) is 17.8 Å². The summed E-state index contributed by atoms with van der Waals surface area (Å²) < 4.78 is 0.916. The minimum absolute atomic E-state index is 0.0595. The highest BCUT2D eigenvalue weighted by molar-refractivity contribution is 9.10. The predicted octanol–water partition coefficient (Wildman–Crippen LogP) is 3.36. The van der Waals surface area contributed by atoms with Crippen molar-refractivity contribution in [3.63, 3.8) is 0 Å². The zero-order valence-corrected chi connectivity index (χ0v) is 15.4. The van der Waals surface area contributed by atoms with Gasteiger partial charge in [-0.05, 0) is 46.1 Å². The molecule has 1 amide bonds. The molecule has 1 aliphatic rings. The van der Waals surface area contributed by atoms with Gasteiger partial charge in [-0.3, -0.25) is 20.1 Å². The molecule has 0 spiro atoms. The van der Waals surface area contributed by atoms with E-state index in [4.69, 9.17) is 5.41 Å². The number of benzene rings is 1. The summed E-state index contributed by atoms with van der Waals surface area (Å²) in [5, 5.41) is 11.2. The second-order valence-corrected chi connectivity index (χ2v) is 7.18. The summed E-state index contributed by atoms with van der Waals surface area (Å²) in [6.45, 7) is 3.86. The molecular formula is C18H19BrN4O. The molecule has 2 aromatic rings. The summed E-state index contributed by atoms with van der Waals surface area (Å²) >= 11 is 3.44. The Bertz CT molecular complexity index is 822. The summed E-state index contributed by atoms with van der Waals surface area (Å²) in [4.78, 5) is 18.0. The van der Waals surface area contributed by atoms with Gasteiger partial charge in [0.2, 0.25) is 5.91 Å². The number of amides is 1. The molecule has 0 bridgehead atoms. The monoisotopic (exact) mass is 386 g/mol. The topological polar surface area (TPSA) is 69.1 Å². The third-order valence-electron chi connectivity index (χ3n) is 4.78. The van der Waals surface area contributed by atoms with Gasteiger partial charge in [0.15, 0.2) is 5.96 Å². The lowest BCUT2D eigenvalue weighted by Gasteiger charge is -2.44. The molecule has 3 rings (SSSR count). The largest absolute Gasteiger partial charge is 0.346 e. The molecule has 2 N–H and O–H groups in total. The molecule has 1 aliphatic heterocycles. The second-order valence-electron chi connectivity index (χ2n) is 6.27. The molecule has 1 saturated heterocycles. The number of halogens is 1. The number of guanidine groups is 1. The Hall–Kier alpha value is -2.21. The van der Waals surface area contributed by atoms with E-state index in [1.54, 1.807) is 13.2 Å². The van der Waals surface area contributed by atoms with Crippen LogP contribution >= 0.6 is 15.9 Å². The molecule has 24 heavy (non-hydrogen) atoms. The number of carbonyl (C=O) groups is 1. The molecule has 1 aromatic heterocycles. The van der Waals surface area contributed by atoms with Crippen LogP contribution in [0.2, 0.25) is 0 Å². The summed E-state index contributed by atoms with van der Waals surface area (Å²) in [5.74, 6) is -0.224. The van der Waals surface area contributed by atoms with Crippen molar-refractivity contribution in [1.82, 2.24) is 15.2 Å². The van der Waals surface area contributed by atoms with Gasteiger partial charge in [0.05, 0.1) is 11.5 Å². The van der Waals surface area contributed by atoms with E-state index in [1.807, 2.05) is 44.3 Å². The van der Waals surface area contributed by atoms with E-state index in [1.165, 1.54) is 4.90 Å². The van der Waals surface area contributed by atoms with Crippen LogP contribution in [0.25, 0.3) is 11.1 Å². The van der Waals surface area contributed by atoms with Gasteiger partial charge in [0.25, 0.3) is 0 Å². The van der Waals surface area contributed by atoms with E-state index in [9.17, 15) is 4.79 Å². The number of nitrogens with zero attached hydrogens (tertiary/aromatic N) is 2. The number of rotatable bonds is 2. The highest BCUT2D eigenvalue weighted by Crippen LogP contribution is 2.35. The first-order chi connectivity index (χ1) is 11.3. The first kappa shape index (κ1) is 16.6. The third kappa shape index (κ3) is 2.71. The van der Waals surface area contributed by atoms with Gasteiger partial charge in [-0.25, -0.2) is 0 Å². The number of carbonyl (C=O) groups excluding carboxylic acids is 1. The van der Waals surface area contributed by atoms with E-state index in [0.717, 1.165) is 21.2 Å². The fraction of sp³-hybridized carbons (Fsp3) is 0.278. The fourth-order valence-corrected chi connectivity index (χ4v) is 3.36. The number of pyridine rings is 1. The number of nitrogens with one attached hydrogen (secondary N) is 2. The van der Waals surface area contributed by atoms with Crippen molar-refractivity contribution in [2.24, 2.45) is 5.92 Å². The number of aromatic nitrogens is 1. The average Bonchev–Trinajstić information content (AvgIpc) is 2.58. The van der Waals surface area contributed by atoms with E-state index in [2.05, 4.69) is 32.3 Å². The van der Waals surface area contributed by atoms with Gasteiger partial charge in [-0.15, -0.1) is 0 Å². The molecule has 0 aliphatic carbocycles. The first-order valence-electron chi connectivity index (χ1n) is 7.68. The normalized spacial score (nSPS) is 24.0. The smallest absolute Gasteiger partial charge is 0.234 e. The lowest BCUT2D eigenvalue weighted by atomic mass is 9.77. The molecule has 6 heteroatoms.